The van der Waals surface area contributed by atoms with E-state index in [2.05, 4.69) is 30.6 Å². The van der Waals surface area contributed by atoms with E-state index in [1.165, 1.54) is 32.1 Å². The van der Waals surface area contributed by atoms with E-state index in [-0.39, 0.29) is 12.5 Å². The summed E-state index contributed by atoms with van der Waals surface area (Å²) in [5.74, 6) is 1.26. The monoisotopic (exact) mass is 393 g/mol. The fourth-order valence-electron chi connectivity index (χ4n) is 4.15. The van der Waals surface area contributed by atoms with E-state index in [1.54, 1.807) is 11.8 Å². The lowest BCUT2D eigenvalue weighted by atomic mass is 9.98. The molecule has 1 atom stereocenters. The number of hydrogen-bond donors (Lipinski definition) is 1. The first-order valence-electron chi connectivity index (χ1n) is 10.7. The van der Waals surface area contributed by atoms with Crippen molar-refractivity contribution in [1.82, 2.24) is 35.3 Å². The number of hydrogen-bond acceptors (Lipinski definition) is 7. The van der Waals surface area contributed by atoms with Crippen molar-refractivity contribution >= 4 is 5.91 Å². The summed E-state index contributed by atoms with van der Waals surface area (Å²) in [6, 6.07) is 0. The summed E-state index contributed by atoms with van der Waals surface area (Å²) >= 11 is 0. The number of nitrogens with one attached hydrogen (secondary N) is 1. The van der Waals surface area contributed by atoms with Crippen LogP contribution >= 0.6 is 0 Å². The molecule has 1 amide bonds. The number of nitrogens with zero attached hydrogens (tertiary/aromatic N) is 6. The number of amides is 1. The highest BCUT2D eigenvalue weighted by atomic mass is 16.5. The number of aromatic nitrogens is 4. The largest absolute Gasteiger partial charge is 0.383 e. The Labute approximate surface area is 167 Å². The van der Waals surface area contributed by atoms with Gasteiger partial charge in [0.2, 0.25) is 5.91 Å². The van der Waals surface area contributed by atoms with Gasteiger partial charge in [-0.05, 0) is 61.7 Å². The molecule has 2 saturated heterocycles. The Morgan fingerprint density at radius 1 is 1.14 bits per heavy atom. The van der Waals surface area contributed by atoms with Crippen LogP contribution in [0.1, 0.15) is 44.3 Å². The van der Waals surface area contributed by atoms with Gasteiger partial charge in [0.1, 0.15) is 6.54 Å². The van der Waals surface area contributed by atoms with E-state index in [4.69, 9.17) is 4.74 Å². The minimum Gasteiger partial charge on any atom is -0.383 e. The predicted octanol–water partition coefficient (Wildman–Crippen LogP) is 0.524. The number of likely N-dealkylation sites (tertiary alicyclic amines) is 2. The molecule has 2 aliphatic heterocycles. The second kappa shape index (κ2) is 11.4. The van der Waals surface area contributed by atoms with Crippen molar-refractivity contribution in [3.8, 4) is 0 Å². The Hall–Kier alpha value is -1.58. The zero-order valence-corrected chi connectivity index (χ0v) is 17.2. The maximum Gasteiger partial charge on any atom is 0.241 e. The molecule has 1 aromatic heterocycles. The lowest BCUT2D eigenvalue weighted by molar-refractivity contribution is -0.122. The van der Waals surface area contributed by atoms with Crippen LogP contribution in [-0.4, -0.2) is 88.9 Å². The van der Waals surface area contributed by atoms with Gasteiger partial charge in [0, 0.05) is 26.7 Å². The minimum atomic E-state index is -0.0153. The number of methoxy groups -OCH3 is 1. The summed E-state index contributed by atoms with van der Waals surface area (Å²) in [4.78, 5) is 17.2. The zero-order chi connectivity index (χ0) is 19.6. The van der Waals surface area contributed by atoms with E-state index in [0.29, 0.717) is 12.5 Å². The highest BCUT2D eigenvalue weighted by molar-refractivity contribution is 5.75. The van der Waals surface area contributed by atoms with Crippen LogP contribution < -0.4 is 5.32 Å². The van der Waals surface area contributed by atoms with Crippen molar-refractivity contribution in [2.24, 2.45) is 5.92 Å². The summed E-state index contributed by atoms with van der Waals surface area (Å²) in [6.07, 6.45) is 7.39. The minimum absolute atomic E-state index is 0.0153. The van der Waals surface area contributed by atoms with E-state index < -0.39 is 0 Å². The standard InChI is InChI=1S/C19H35N7O2/c1-28-12-11-25-10-6-7-17(14-25)13-20-19(27)16-26-18(21-22-23-26)15-24-8-4-2-3-5-9-24/h17H,2-16H2,1H3,(H,20,27)/t17-/m0/s1. The molecular weight excluding hydrogens is 358 g/mol. The molecule has 0 saturated carbocycles. The molecular formula is C19H35N7O2. The molecule has 0 aromatic carbocycles. The van der Waals surface area contributed by atoms with Gasteiger partial charge in [0.05, 0.1) is 13.2 Å². The molecule has 1 aromatic rings. The van der Waals surface area contributed by atoms with Crippen molar-refractivity contribution in [3.05, 3.63) is 5.82 Å². The molecule has 2 aliphatic rings. The molecule has 0 radical (unpaired) electrons. The Bertz CT molecular complexity index is 587. The maximum absolute atomic E-state index is 12.4. The van der Waals surface area contributed by atoms with Crippen LogP contribution in [0.15, 0.2) is 0 Å². The second-order valence-electron chi connectivity index (χ2n) is 8.05. The number of ether oxygens (including phenoxy) is 1. The normalized spacial score (nSPS) is 22.1. The average Bonchev–Trinajstić information content (AvgIpc) is 2.97. The lowest BCUT2D eigenvalue weighted by Gasteiger charge is -2.32. The molecule has 0 aliphatic carbocycles. The third-order valence-electron chi connectivity index (χ3n) is 5.77. The van der Waals surface area contributed by atoms with Gasteiger partial charge in [-0.15, -0.1) is 5.10 Å². The highest BCUT2D eigenvalue weighted by Gasteiger charge is 2.21. The Balaban J connectivity index is 1.42. The van der Waals surface area contributed by atoms with E-state index >= 15 is 0 Å². The molecule has 9 nitrogen and oxygen atoms in total. The van der Waals surface area contributed by atoms with Gasteiger partial charge in [-0.25, -0.2) is 4.68 Å². The van der Waals surface area contributed by atoms with E-state index in [0.717, 1.165) is 58.1 Å². The smallest absolute Gasteiger partial charge is 0.241 e. The van der Waals surface area contributed by atoms with Crippen LogP contribution in [0.4, 0.5) is 0 Å². The summed E-state index contributed by atoms with van der Waals surface area (Å²) in [7, 11) is 1.74. The van der Waals surface area contributed by atoms with Gasteiger partial charge in [-0.3, -0.25) is 9.69 Å². The van der Waals surface area contributed by atoms with Crippen LogP contribution in [0.25, 0.3) is 0 Å². The second-order valence-corrected chi connectivity index (χ2v) is 8.05. The third kappa shape index (κ3) is 6.79. The summed E-state index contributed by atoms with van der Waals surface area (Å²) in [5, 5.41) is 15.0. The Kier molecular flexibility index (Phi) is 8.63. The van der Waals surface area contributed by atoms with Crippen LogP contribution in [0.5, 0.6) is 0 Å². The van der Waals surface area contributed by atoms with Crippen molar-refractivity contribution in [2.45, 2.75) is 51.6 Å². The average molecular weight is 394 g/mol. The summed E-state index contributed by atoms with van der Waals surface area (Å²) in [5.41, 5.74) is 0. The van der Waals surface area contributed by atoms with Crippen molar-refractivity contribution < 1.29 is 9.53 Å². The fourth-order valence-corrected chi connectivity index (χ4v) is 4.15. The number of carbonyl (C=O) groups is 1. The van der Waals surface area contributed by atoms with Crippen molar-refractivity contribution in [1.29, 1.82) is 0 Å². The first kappa shape index (κ1) is 21.1. The maximum atomic E-state index is 12.4. The molecule has 3 heterocycles. The number of tetrazole rings is 1. The van der Waals surface area contributed by atoms with E-state index in [1.807, 2.05) is 0 Å². The molecule has 1 N–H and O–H groups in total. The SMILES string of the molecule is COCCN1CCC[C@@H](CNC(=O)Cn2nnnc2CN2CCCCCC2)C1. The quantitative estimate of drug-likeness (QED) is 0.654. The summed E-state index contributed by atoms with van der Waals surface area (Å²) in [6.45, 7) is 7.66. The first-order chi connectivity index (χ1) is 13.7. The lowest BCUT2D eigenvalue weighted by Crippen LogP contribution is -2.42. The fraction of sp³-hybridized carbons (Fsp3) is 0.895. The van der Waals surface area contributed by atoms with Gasteiger partial charge >= 0.3 is 0 Å². The van der Waals surface area contributed by atoms with Gasteiger partial charge in [0.25, 0.3) is 0 Å². The highest BCUT2D eigenvalue weighted by Crippen LogP contribution is 2.15. The third-order valence-corrected chi connectivity index (χ3v) is 5.77. The van der Waals surface area contributed by atoms with Crippen LogP contribution in [0.2, 0.25) is 0 Å². The van der Waals surface area contributed by atoms with Crippen molar-refractivity contribution in [3.63, 3.8) is 0 Å². The van der Waals surface area contributed by atoms with Gasteiger partial charge in [-0.2, -0.15) is 0 Å². The predicted molar refractivity (Wildman–Crippen MR) is 106 cm³/mol. The number of carbonyl (C=O) groups excluding carboxylic acids is 1. The molecule has 0 bridgehead atoms. The zero-order valence-electron chi connectivity index (χ0n) is 17.2. The number of piperidine rings is 1. The van der Waals surface area contributed by atoms with Crippen LogP contribution in [0, 0.1) is 5.92 Å². The number of rotatable bonds is 9. The molecule has 9 heteroatoms. The summed E-state index contributed by atoms with van der Waals surface area (Å²) < 4.78 is 6.82. The van der Waals surface area contributed by atoms with Gasteiger partial charge in [-0.1, -0.05) is 12.8 Å². The topological polar surface area (TPSA) is 88.4 Å². The molecule has 3 rings (SSSR count). The first-order valence-corrected chi connectivity index (χ1v) is 10.7. The van der Waals surface area contributed by atoms with Gasteiger partial charge in [0.15, 0.2) is 5.82 Å². The van der Waals surface area contributed by atoms with Crippen molar-refractivity contribution in [2.75, 3.05) is 53.0 Å². The molecule has 28 heavy (non-hydrogen) atoms. The molecule has 0 unspecified atom stereocenters. The Morgan fingerprint density at radius 3 is 2.71 bits per heavy atom. The molecule has 2 fully saturated rings. The van der Waals surface area contributed by atoms with Crippen LogP contribution in [0.3, 0.4) is 0 Å². The molecule has 0 spiro atoms. The molecule has 158 valence electrons. The Morgan fingerprint density at radius 2 is 1.93 bits per heavy atom. The van der Waals surface area contributed by atoms with E-state index in [9.17, 15) is 4.79 Å². The van der Waals surface area contributed by atoms with Gasteiger partial charge < -0.3 is 15.0 Å². The van der Waals surface area contributed by atoms with Crippen LogP contribution in [-0.2, 0) is 22.6 Å².